The van der Waals surface area contributed by atoms with Gasteiger partial charge in [-0.3, -0.25) is 34.0 Å². The van der Waals surface area contributed by atoms with Crippen LogP contribution in [-0.4, -0.2) is 163 Å². The van der Waals surface area contributed by atoms with Crippen molar-refractivity contribution >= 4 is 34.4 Å². The lowest BCUT2D eigenvalue weighted by molar-refractivity contribution is -0.131. The Labute approximate surface area is 417 Å². The number of H-pyrrole nitrogens is 1. The van der Waals surface area contributed by atoms with Crippen molar-refractivity contribution in [2.45, 2.75) is 65.0 Å². The number of piperidine rings is 2. The number of pyridine rings is 3. The maximum Gasteiger partial charge on any atom is 0.272 e. The molecule has 4 fully saturated rings. The number of aryl methyl sites for hydroxylation is 1. The molecule has 16 nitrogen and oxygen atoms in total. The summed E-state index contributed by atoms with van der Waals surface area (Å²) in [6.45, 7) is 16.3. The number of hydrogen-bond donors (Lipinski definition) is 2. The number of carbonyl (C=O) groups is 3. The van der Waals surface area contributed by atoms with Crippen LogP contribution in [0.25, 0.3) is 11.0 Å². The van der Waals surface area contributed by atoms with E-state index < -0.39 is 0 Å². The van der Waals surface area contributed by atoms with E-state index in [1.807, 2.05) is 102 Å². The highest BCUT2D eigenvalue weighted by atomic mass is 16.5. The predicted octanol–water partition coefficient (Wildman–Crippen LogP) is 5.42. The third-order valence-corrected chi connectivity index (χ3v) is 14.9. The number of likely N-dealkylation sites (tertiary alicyclic amines) is 2. The molecule has 5 aromatic rings. The van der Waals surface area contributed by atoms with Crippen LogP contribution in [0.2, 0.25) is 0 Å². The molecule has 3 amide bonds. The first-order valence-corrected chi connectivity index (χ1v) is 25.8. The van der Waals surface area contributed by atoms with Gasteiger partial charge >= 0.3 is 0 Å². The quantitative estimate of drug-likeness (QED) is 0.130. The van der Waals surface area contributed by atoms with Crippen molar-refractivity contribution in [1.82, 2.24) is 44.8 Å². The Morgan fingerprint density at radius 3 is 2.30 bits per heavy atom. The van der Waals surface area contributed by atoms with Gasteiger partial charge in [0.05, 0.1) is 43.2 Å². The molecule has 4 saturated heterocycles. The SMILES string of the molecule is CCOc1cc(OC)ccc1CNCC(=O)N1CCC[C@@H](c2cccc(C(=O)N3CCN(CC4CCN(C(=O)c5ccc(N6CCN(Cc7cnc8cc(CC)c(=O)[nH]c8c7)CC6)cn5)CC4)CC3)c2)C1. The standard InChI is InChI=1S/C55H70N10O6/c1-4-41-30-49-50(59-53(41)67)28-40(32-57-49)37-61-20-24-62(25-21-61)46-12-14-48(58-34-46)55(69)63-18-15-39(16-19-63)36-60-22-26-64(27-23-60)54(68)43-9-6-8-42(29-43)45-10-7-17-65(38-45)52(66)35-56-33-44-11-13-47(70-3)31-51(44)71-5-2/h6,8-9,11-14,28-32,34,39,45,56H,4-5,7,10,15-27,33,35-38H2,1-3H3,(H,59,67)/t45-/m1/s1. The van der Waals surface area contributed by atoms with Gasteiger partial charge in [0, 0.05) is 133 Å². The summed E-state index contributed by atoms with van der Waals surface area (Å²) in [6, 6.07) is 21.6. The zero-order valence-corrected chi connectivity index (χ0v) is 41.7. The summed E-state index contributed by atoms with van der Waals surface area (Å²) >= 11 is 0. The number of amides is 3. The molecular weight excluding hydrogens is 897 g/mol. The second-order valence-electron chi connectivity index (χ2n) is 19.6. The van der Waals surface area contributed by atoms with Crippen molar-refractivity contribution in [3.8, 4) is 11.5 Å². The Balaban J connectivity index is 0.676. The predicted molar refractivity (Wildman–Crippen MR) is 275 cm³/mol. The molecule has 2 N–H and O–H groups in total. The van der Waals surface area contributed by atoms with Gasteiger partial charge in [-0.15, -0.1) is 0 Å². The summed E-state index contributed by atoms with van der Waals surface area (Å²) in [7, 11) is 1.63. The van der Waals surface area contributed by atoms with Crippen LogP contribution >= 0.6 is 0 Å². The maximum absolute atomic E-state index is 13.8. The van der Waals surface area contributed by atoms with Gasteiger partial charge in [-0.2, -0.15) is 0 Å². The van der Waals surface area contributed by atoms with Crippen LogP contribution in [0.1, 0.15) is 88.5 Å². The third kappa shape index (κ3) is 12.2. The first kappa shape index (κ1) is 49.6. The molecule has 0 radical (unpaired) electrons. The van der Waals surface area contributed by atoms with Crippen LogP contribution in [-0.2, 0) is 24.3 Å². The Hall–Kier alpha value is -6.36. The number of piperazine rings is 2. The Morgan fingerprint density at radius 1 is 0.761 bits per heavy atom. The number of hydrogen-bond acceptors (Lipinski definition) is 12. The van der Waals surface area contributed by atoms with E-state index in [4.69, 9.17) is 9.47 Å². The highest BCUT2D eigenvalue weighted by Gasteiger charge is 2.30. The van der Waals surface area contributed by atoms with Crippen molar-refractivity contribution in [2.24, 2.45) is 5.92 Å². The number of nitrogens with zero attached hydrogens (tertiary/aromatic N) is 8. The molecule has 9 rings (SSSR count). The number of anilines is 1. The first-order valence-electron chi connectivity index (χ1n) is 25.8. The van der Waals surface area contributed by atoms with E-state index >= 15 is 0 Å². The normalized spacial score (nSPS) is 18.5. The topological polar surface area (TPSA) is 160 Å². The minimum absolute atomic E-state index is 0.00689. The molecule has 0 aliphatic carbocycles. The van der Waals surface area contributed by atoms with Gasteiger partial charge in [-0.1, -0.05) is 25.1 Å². The molecule has 2 aromatic carbocycles. The molecule has 376 valence electrons. The van der Waals surface area contributed by atoms with Crippen LogP contribution < -0.4 is 25.2 Å². The van der Waals surface area contributed by atoms with E-state index in [2.05, 4.69) is 41.0 Å². The summed E-state index contributed by atoms with van der Waals surface area (Å²) in [5, 5.41) is 3.32. The zero-order valence-electron chi connectivity index (χ0n) is 41.7. The van der Waals surface area contributed by atoms with E-state index in [-0.39, 0.29) is 35.7 Å². The van der Waals surface area contributed by atoms with E-state index in [0.29, 0.717) is 56.4 Å². The summed E-state index contributed by atoms with van der Waals surface area (Å²) in [5.74, 6) is 2.30. The largest absolute Gasteiger partial charge is 0.497 e. The fourth-order valence-electron chi connectivity index (χ4n) is 10.7. The average molecular weight is 967 g/mol. The third-order valence-electron chi connectivity index (χ3n) is 14.9. The Kier molecular flexibility index (Phi) is 16.2. The van der Waals surface area contributed by atoms with E-state index in [0.717, 1.165) is 148 Å². The molecular formula is C55H70N10O6. The Morgan fingerprint density at radius 2 is 1.55 bits per heavy atom. The Bertz CT molecular complexity index is 2690. The summed E-state index contributed by atoms with van der Waals surface area (Å²) < 4.78 is 11.2. The zero-order chi connectivity index (χ0) is 49.3. The van der Waals surface area contributed by atoms with Crippen LogP contribution in [0.5, 0.6) is 11.5 Å². The summed E-state index contributed by atoms with van der Waals surface area (Å²) in [5.41, 5.74) is 7.69. The molecule has 4 aliphatic heterocycles. The first-order chi connectivity index (χ1) is 34.6. The number of carbonyl (C=O) groups excluding carboxylic acids is 3. The van der Waals surface area contributed by atoms with Gasteiger partial charge in [-0.05, 0) is 98.5 Å². The number of methoxy groups -OCH3 is 1. The molecule has 16 heteroatoms. The minimum atomic E-state index is -0.0447. The molecule has 0 spiro atoms. The fourth-order valence-corrected chi connectivity index (χ4v) is 10.7. The van der Waals surface area contributed by atoms with Crippen LogP contribution in [0, 0.1) is 5.92 Å². The lowest BCUT2D eigenvalue weighted by atomic mass is 9.89. The number of nitrogens with one attached hydrogen (secondary N) is 2. The highest BCUT2D eigenvalue weighted by molar-refractivity contribution is 5.94. The molecule has 4 aliphatic rings. The molecule has 71 heavy (non-hydrogen) atoms. The molecule has 1 atom stereocenters. The fraction of sp³-hybridized carbons (Fsp3) is 0.491. The monoisotopic (exact) mass is 967 g/mol. The summed E-state index contributed by atoms with van der Waals surface area (Å²) in [4.78, 5) is 78.4. The molecule has 0 bridgehead atoms. The average Bonchev–Trinajstić information content (AvgIpc) is 3.41. The van der Waals surface area contributed by atoms with Gasteiger partial charge in [0.25, 0.3) is 17.4 Å². The smallest absolute Gasteiger partial charge is 0.272 e. The van der Waals surface area contributed by atoms with Crippen molar-refractivity contribution in [1.29, 1.82) is 0 Å². The van der Waals surface area contributed by atoms with E-state index in [1.54, 1.807) is 7.11 Å². The van der Waals surface area contributed by atoms with Gasteiger partial charge in [-0.25, -0.2) is 4.98 Å². The van der Waals surface area contributed by atoms with Crippen LogP contribution in [0.15, 0.2) is 83.9 Å². The van der Waals surface area contributed by atoms with Gasteiger partial charge < -0.3 is 39.4 Å². The molecule has 7 heterocycles. The number of aromatic amines is 1. The number of aromatic nitrogens is 3. The van der Waals surface area contributed by atoms with Crippen molar-refractivity contribution in [2.75, 3.05) is 110 Å². The number of benzene rings is 2. The van der Waals surface area contributed by atoms with Gasteiger partial charge in [0.1, 0.15) is 17.2 Å². The van der Waals surface area contributed by atoms with Gasteiger partial charge in [0.2, 0.25) is 5.91 Å². The second kappa shape index (κ2) is 23.2. The van der Waals surface area contributed by atoms with Crippen LogP contribution in [0.4, 0.5) is 5.69 Å². The lowest BCUT2D eigenvalue weighted by Crippen LogP contribution is -2.50. The number of ether oxygens (including phenoxy) is 2. The second-order valence-corrected chi connectivity index (χ2v) is 19.6. The number of rotatable bonds is 16. The highest BCUT2D eigenvalue weighted by Crippen LogP contribution is 2.29. The molecule has 0 saturated carbocycles. The van der Waals surface area contributed by atoms with Gasteiger partial charge in [0.15, 0.2) is 0 Å². The van der Waals surface area contributed by atoms with E-state index in [9.17, 15) is 19.2 Å². The molecule has 0 unspecified atom stereocenters. The lowest BCUT2D eigenvalue weighted by Gasteiger charge is -2.39. The van der Waals surface area contributed by atoms with Crippen LogP contribution in [0.3, 0.4) is 0 Å². The van der Waals surface area contributed by atoms with Crippen molar-refractivity contribution < 1.29 is 23.9 Å². The van der Waals surface area contributed by atoms with Crippen molar-refractivity contribution in [3.63, 3.8) is 0 Å². The van der Waals surface area contributed by atoms with Crippen molar-refractivity contribution in [3.05, 3.63) is 123 Å². The minimum Gasteiger partial charge on any atom is -0.497 e. The summed E-state index contributed by atoms with van der Waals surface area (Å²) in [6.07, 6.45) is 8.23. The number of fused-ring (bicyclic) bond motifs is 1. The van der Waals surface area contributed by atoms with E-state index in [1.165, 1.54) is 0 Å². The molecule has 3 aromatic heterocycles. The maximum atomic E-state index is 13.8.